The number of nitrogens with zero attached hydrogens (tertiary/aromatic N) is 2. The van der Waals surface area contributed by atoms with Gasteiger partial charge in [-0.25, -0.2) is 9.59 Å². The second kappa shape index (κ2) is 11.4. The van der Waals surface area contributed by atoms with Gasteiger partial charge in [0.25, 0.3) is 0 Å². The predicted molar refractivity (Wildman–Crippen MR) is 117 cm³/mol. The summed E-state index contributed by atoms with van der Waals surface area (Å²) in [6.07, 6.45) is -0.391. The van der Waals surface area contributed by atoms with E-state index in [1.54, 1.807) is 17.0 Å². The predicted octanol–water partition coefficient (Wildman–Crippen LogP) is 4.11. The van der Waals surface area contributed by atoms with Crippen molar-refractivity contribution >= 4 is 22.8 Å². The Bertz CT molecular complexity index is 845. The summed E-state index contributed by atoms with van der Waals surface area (Å²) in [5.41, 5.74) is 0.167. The largest absolute Gasteiger partial charge is 0.491 e. The average molecular weight is 417 g/mol. The average Bonchev–Trinajstić information content (AvgIpc) is 2.74. The van der Waals surface area contributed by atoms with Crippen molar-refractivity contribution in [2.24, 2.45) is 0 Å². The highest BCUT2D eigenvalue weighted by Gasteiger charge is 2.22. The fraction of sp³-hybridized carbons (Fsp3) is 0.478. The minimum Gasteiger partial charge on any atom is -0.491 e. The lowest BCUT2D eigenvalue weighted by Gasteiger charge is -2.34. The second-order valence-electron chi connectivity index (χ2n) is 7.11. The molecule has 1 saturated heterocycles. The Morgan fingerprint density at radius 3 is 2.20 bits per heavy atom. The number of rotatable bonds is 6. The third-order valence-corrected chi connectivity index (χ3v) is 4.71. The Labute approximate surface area is 178 Å². The monoisotopic (exact) mass is 416 g/mol. The van der Waals surface area contributed by atoms with Crippen LogP contribution in [-0.4, -0.2) is 72.4 Å². The van der Waals surface area contributed by atoms with Crippen LogP contribution in [0.3, 0.4) is 0 Å². The van der Waals surface area contributed by atoms with Gasteiger partial charge in [-0.2, -0.15) is 0 Å². The van der Waals surface area contributed by atoms with Crippen LogP contribution in [0, 0.1) is 0 Å². The van der Waals surface area contributed by atoms with Crippen molar-refractivity contribution in [3.05, 3.63) is 42.0 Å². The molecule has 2 aromatic rings. The lowest BCUT2D eigenvalue weighted by molar-refractivity contribution is 0.0548. The van der Waals surface area contributed by atoms with Crippen molar-refractivity contribution in [3.8, 4) is 5.75 Å². The van der Waals surface area contributed by atoms with Gasteiger partial charge in [-0.1, -0.05) is 38.1 Å². The molecule has 2 aromatic carbocycles. The van der Waals surface area contributed by atoms with Crippen molar-refractivity contribution in [1.29, 1.82) is 0 Å². The standard InChI is InChI=1S/C21H26N2O5.C2H6/c1-15(2)28-21(26)23-9-7-22(8-10-23)11-12-27-19-14-17-6-4-3-5-16(17)13-18(19)20(24)25;1-2/h3-6,13-15H,7-12H2,1-2H3,(H,24,25);1-2H3. The molecule has 0 aliphatic carbocycles. The number of carboxylic acids is 1. The van der Waals surface area contributed by atoms with Crippen LogP contribution in [0.2, 0.25) is 0 Å². The molecule has 0 radical (unpaired) electrons. The molecule has 1 amide bonds. The number of benzene rings is 2. The summed E-state index contributed by atoms with van der Waals surface area (Å²) in [6, 6.07) is 11.0. The van der Waals surface area contributed by atoms with Crippen LogP contribution in [0.25, 0.3) is 10.8 Å². The Balaban J connectivity index is 0.00000155. The summed E-state index contributed by atoms with van der Waals surface area (Å²) >= 11 is 0. The van der Waals surface area contributed by atoms with Gasteiger partial charge in [0.2, 0.25) is 0 Å². The number of carbonyl (C=O) groups is 2. The van der Waals surface area contributed by atoms with Gasteiger partial charge < -0.3 is 19.5 Å². The molecule has 164 valence electrons. The molecule has 30 heavy (non-hydrogen) atoms. The normalized spacial score (nSPS) is 14.2. The highest BCUT2D eigenvalue weighted by atomic mass is 16.6. The maximum atomic E-state index is 11.9. The van der Waals surface area contributed by atoms with Gasteiger partial charge in [0.05, 0.1) is 6.10 Å². The van der Waals surface area contributed by atoms with Gasteiger partial charge in [-0.05, 0) is 36.8 Å². The zero-order chi connectivity index (χ0) is 22.1. The van der Waals surface area contributed by atoms with Gasteiger partial charge in [-0.3, -0.25) is 4.90 Å². The van der Waals surface area contributed by atoms with Gasteiger partial charge >= 0.3 is 12.1 Å². The minimum atomic E-state index is -1.00. The second-order valence-corrected chi connectivity index (χ2v) is 7.11. The van der Waals surface area contributed by atoms with Crippen molar-refractivity contribution in [3.63, 3.8) is 0 Å². The Morgan fingerprint density at radius 2 is 1.63 bits per heavy atom. The van der Waals surface area contributed by atoms with Crippen LogP contribution >= 0.6 is 0 Å². The molecule has 0 aromatic heterocycles. The number of hydrogen-bond donors (Lipinski definition) is 1. The molecule has 1 fully saturated rings. The first-order chi connectivity index (χ1) is 14.4. The molecule has 0 unspecified atom stereocenters. The third kappa shape index (κ3) is 6.35. The molecule has 1 N–H and O–H groups in total. The lowest BCUT2D eigenvalue weighted by Crippen LogP contribution is -2.50. The van der Waals surface area contributed by atoms with E-state index in [-0.39, 0.29) is 17.8 Å². The van der Waals surface area contributed by atoms with Crippen LogP contribution in [0.15, 0.2) is 36.4 Å². The third-order valence-electron chi connectivity index (χ3n) is 4.71. The van der Waals surface area contributed by atoms with Crippen molar-refractivity contribution in [1.82, 2.24) is 9.80 Å². The molecule has 3 rings (SSSR count). The quantitative estimate of drug-likeness (QED) is 0.764. The summed E-state index contributed by atoms with van der Waals surface area (Å²) in [7, 11) is 0. The smallest absolute Gasteiger partial charge is 0.410 e. The van der Waals surface area contributed by atoms with E-state index in [1.807, 2.05) is 52.0 Å². The summed E-state index contributed by atoms with van der Waals surface area (Å²) in [5, 5.41) is 11.3. The van der Waals surface area contributed by atoms with Crippen LogP contribution < -0.4 is 4.74 Å². The fourth-order valence-corrected chi connectivity index (χ4v) is 3.22. The van der Waals surface area contributed by atoms with Crippen LogP contribution in [0.5, 0.6) is 5.75 Å². The van der Waals surface area contributed by atoms with Crippen molar-refractivity contribution in [2.45, 2.75) is 33.8 Å². The zero-order valence-electron chi connectivity index (χ0n) is 18.3. The van der Waals surface area contributed by atoms with E-state index in [2.05, 4.69) is 4.90 Å². The Morgan fingerprint density at radius 1 is 1.03 bits per heavy atom. The number of carboxylic acid groups (broad SMARTS) is 1. The van der Waals surface area contributed by atoms with E-state index in [1.165, 1.54) is 0 Å². The lowest BCUT2D eigenvalue weighted by atomic mass is 10.1. The first-order valence-corrected chi connectivity index (χ1v) is 10.5. The molecule has 0 saturated carbocycles. The first-order valence-electron chi connectivity index (χ1n) is 10.5. The molecule has 7 nitrogen and oxygen atoms in total. The van der Waals surface area contributed by atoms with E-state index in [4.69, 9.17) is 9.47 Å². The Hall–Kier alpha value is -2.80. The summed E-state index contributed by atoms with van der Waals surface area (Å²) < 4.78 is 11.0. The SMILES string of the molecule is CC.CC(C)OC(=O)N1CCN(CCOc2cc3ccccc3cc2C(=O)O)CC1. The number of aromatic carboxylic acids is 1. The molecular weight excluding hydrogens is 384 g/mol. The van der Waals surface area contributed by atoms with Crippen LogP contribution in [-0.2, 0) is 4.74 Å². The molecule has 1 aliphatic rings. The van der Waals surface area contributed by atoms with Gasteiger partial charge in [0.15, 0.2) is 0 Å². The minimum absolute atomic E-state index is 0.121. The topological polar surface area (TPSA) is 79.3 Å². The summed E-state index contributed by atoms with van der Waals surface area (Å²) in [6.45, 7) is 11.4. The molecule has 1 aliphatic heterocycles. The number of carbonyl (C=O) groups excluding carboxylic acids is 1. The van der Waals surface area contributed by atoms with E-state index in [0.29, 0.717) is 32.0 Å². The van der Waals surface area contributed by atoms with E-state index in [9.17, 15) is 14.7 Å². The number of ether oxygens (including phenoxy) is 2. The molecule has 0 atom stereocenters. The zero-order valence-corrected chi connectivity index (χ0v) is 18.3. The van der Waals surface area contributed by atoms with Crippen molar-refractivity contribution < 1.29 is 24.2 Å². The maximum Gasteiger partial charge on any atom is 0.410 e. The fourth-order valence-electron chi connectivity index (χ4n) is 3.22. The van der Waals surface area contributed by atoms with Gasteiger partial charge in [0, 0.05) is 32.7 Å². The summed E-state index contributed by atoms with van der Waals surface area (Å²) in [4.78, 5) is 27.4. The maximum absolute atomic E-state index is 11.9. The van der Waals surface area contributed by atoms with Crippen LogP contribution in [0.4, 0.5) is 4.79 Å². The highest BCUT2D eigenvalue weighted by Crippen LogP contribution is 2.26. The van der Waals surface area contributed by atoms with Gasteiger partial charge in [-0.15, -0.1) is 0 Å². The number of piperazine rings is 1. The van der Waals surface area contributed by atoms with Crippen molar-refractivity contribution in [2.75, 3.05) is 39.3 Å². The molecule has 0 bridgehead atoms. The Kier molecular flexibility index (Phi) is 8.92. The molecular formula is C23H32N2O5. The van der Waals surface area contributed by atoms with Crippen LogP contribution in [0.1, 0.15) is 38.1 Å². The highest BCUT2D eigenvalue weighted by molar-refractivity contribution is 5.97. The first kappa shape index (κ1) is 23.5. The number of amides is 1. The van der Waals surface area contributed by atoms with E-state index < -0.39 is 5.97 Å². The molecule has 7 heteroatoms. The van der Waals surface area contributed by atoms with E-state index in [0.717, 1.165) is 23.9 Å². The van der Waals surface area contributed by atoms with E-state index >= 15 is 0 Å². The number of hydrogen-bond acceptors (Lipinski definition) is 5. The summed E-state index contributed by atoms with van der Waals surface area (Å²) in [5.74, 6) is -0.622. The number of fused-ring (bicyclic) bond motifs is 1. The molecule has 0 spiro atoms. The molecule has 1 heterocycles. The van der Waals surface area contributed by atoms with Gasteiger partial charge in [0.1, 0.15) is 17.9 Å².